The maximum atomic E-state index is 11.9. The van der Waals surface area contributed by atoms with E-state index in [9.17, 15) is 9.59 Å². The van der Waals surface area contributed by atoms with Crippen LogP contribution >= 0.6 is 0 Å². The highest BCUT2D eigenvalue weighted by molar-refractivity contribution is 5.92. The number of amides is 1. The Hall–Kier alpha value is -1.56. The van der Waals surface area contributed by atoms with E-state index in [1.165, 1.54) is 7.11 Å². The molecule has 0 aromatic carbocycles. The van der Waals surface area contributed by atoms with Crippen LogP contribution in [0.4, 0.5) is 4.79 Å². The first kappa shape index (κ1) is 14.5. The molecule has 0 saturated carbocycles. The van der Waals surface area contributed by atoms with Gasteiger partial charge in [-0.3, -0.25) is 4.90 Å². The van der Waals surface area contributed by atoms with E-state index in [0.717, 1.165) is 4.90 Å². The number of rotatable bonds is 3. The summed E-state index contributed by atoms with van der Waals surface area (Å²) in [6.45, 7) is 5.61. The molecule has 0 bridgehead atoms. The highest BCUT2D eigenvalue weighted by Gasteiger charge is 2.36. The fourth-order valence-electron chi connectivity index (χ4n) is 1.73. The monoisotopic (exact) mass is 257 g/mol. The minimum Gasteiger partial charge on any atom is -0.465 e. The number of hydrogen-bond acceptors (Lipinski definition) is 4. The second-order valence-corrected chi connectivity index (χ2v) is 5.07. The third kappa shape index (κ3) is 3.46. The standard InChI is InChI=1S/C12H19NO5/c1-12(2,3)18-10(14)8-5-6-13(11(15)16)9(8)7-17-4/h5,9H,6-7H2,1-4H3,(H,15,16)/t9-/m1/s1. The molecule has 6 heteroatoms. The second kappa shape index (κ2) is 5.39. The summed E-state index contributed by atoms with van der Waals surface area (Å²) in [6.07, 6.45) is 0.498. The number of methoxy groups -OCH3 is 1. The van der Waals surface area contributed by atoms with Crippen molar-refractivity contribution in [1.29, 1.82) is 0 Å². The van der Waals surface area contributed by atoms with Crippen LogP contribution in [0.5, 0.6) is 0 Å². The molecule has 1 N–H and O–H groups in total. The summed E-state index contributed by atoms with van der Waals surface area (Å²) in [5, 5.41) is 9.03. The van der Waals surface area contributed by atoms with Crippen molar-refractivity contribution < 1.29 is 24.2 Å². The number of carboxylic acid groups (broad SMARTS) is 1. The van der Waals surface area contributed by atoms with E-state index in [0.29, 0.717) is 5.57 Å². The van der Waals surface area contributed by atoms with Crippen molar-refractivity contribution in [3.63, 3.8) is 0 Å². The molecule has 1 atom stereocenters. The number of esters is 1. The summed E-state index contributed by atoms with van der Waals surface area (Å²) in [6, 6.07) is -0.595. The molecule has 0 aromatic rings. The molecule has 1 amide bonds. The largest absolute Gasteiger partial charge is 0.465 e. The van der Waals surface area contributed by atoms with Gasteiger partial charge in [-0.1, -0.05) is 6.08 Å². The van der Waals surface area contributed by atoms with Crippen LogP contribution in [0.2, 0.25) is 0 Å². The van der Waals surface area contributed by atoms with Gasteiger partial charge in [-0.2, -0.15) is 0 Å². The molecule has 0 aliphatic carbocycles. The normalized spacial score (nSPS) is 19.7. The van der Waals surface area contributed by atoms with Gasteiger partial charge in [0, 0.05) is 13.7 Å². The Labute approximate surface area is 106 Å². The van der Waals surface area contributed by atoms with Crippen molar-refractivity contribution in [1.82, 2.24) is 4.90 Å². The lowest BCUT2D eigenvalue weighted by atomic mass is 10.1. The lowest BCUT2D eigenvalue weighted by Crippen LogP contribution is -2.41. The van der Waals surface area contributed by atoms with Crippen molar-refractivity contribution in [3.05, 3.63) is 11.6 Å². The predicted molar refractivity (Wildman–Crippen MR) is 64.3 cm³/mol. The second-order valence-electron chi connectivity index (χ2n) is 5.07. The van der Waals surface area contributed by atoms with Gasteiger partial charge in [0.2, 0.25) is 0 Å². The molecule has 0 radical (unpaired) electrons. The van der Waals surface area contributed by atoms with E-state index in [1.54, 1.807) is 26.8 Å². The molecule has 18 heavy (non-hydrogen) atoms. The topological polar surface area (TPSA) is 76.1 Å². The van der Waals surface area contributed by atoms with Crippen molar-refractivity contribution in [2.24, 2.45) is 0 Å². The summed E-state index contributed by atoms with van der Waals surface area (Å²) in [4.78, 5) is 24.1. The van der Waals surface area contributed by atoms with Crippen molar-refractivity contribution in [2.75, 3.05) is 20.3 Å². The molecule has 6 nitrogen and oxygen atoms in total. The molecular formula is C12H19NO5. The molecule has 0 spiro atoms. The fraction of sp³-hybridized carbons (Fsp3) is 0.667. The van der Waals surface area contributed by atoms with E-state index in [2.05, 4.69) is 0 Å². The Morgan fingerprint density at radius 1 is 1.50 bits per heavy atom. The van der Waals surface area contributed by atoms with E-state index in [4.69, 9.17) is 14.6 Å². The smallest absolute Gasteiger partial charge is 0.408 e. The Morgan fingerprint density at radius 2 is 2.11 bits per heavy atom. The van der Waals surface area contributed by atoms with Crippen LogP contribution < -0.4 is 0 Å². The van der Waals surface area contributed by atoms with Gasteiger partial charge in [-0.25, -0.2) is 9.59 Å². The lowest BCUT2D eigenvalue weighted by Gasteiger charge is -2.25. The molecule has 0 saturated heterocycles. The third-order valence-corrected chi connectivity index (χ3v) is 2.45. The van der Waals surface area contributed by atoms with Crippen molar-refractivity contribution in [3.8, 4) is 0 Å². The van der Waals surface area contributed by atoms with Gasteiger partial charge in [0.15, 0.2) is 0 Å². The van der Waals surface area contributed by atoms with Gasteiger partial charge in [-0.15, -0.1) is 0 Å². The molecule has 0 fully saturated rings. The summed E-state index contributed by atoms with van der Waals surface area (Å²) < 4.78 is 10.2. The zero-order chi connectivity index (χ0) is 13.9. The van der Waals surface area contributed by atoms with Gasteiger partial charge >= 0.3 is 12.1 Å². The molecule has 0 aromatic heterocycles. The van der Waals surface area contributed by atoms with Crippen LogP contribution in [-0.2, 0) is 14.3 Å². The van der Waals surface area contributed by atoms with Crippen LogP contribution in [0.25, 0.3) is 0 Å². The van der Waals surface area contributed by atoms with E-state index in [1.807, 2.05) is 0 Å². The Morgan fingerprint density at radius 3 is 2.56 bits per heavy atom. The van der Waals surface area contributed by atoms with Gasteiger partial charge in [-0.05, 0) is 20.8 Å². The number of carbonyl (C=O) groups is 2. The van der Waals surface area contributed by atoms with Gasteiger partial charge in [0.25, 0.3) is 0 Å². The quantitative estimate of drug-likeness (QED) is 0.770. The number of nitrogens with zero attached hydrogens (tertiary/aromatic N) is 1. The zero-order valence-corrected chi connectivity index (χ0v) is 11.1. The Balaban J connectivity index is 2.81. The number of carbonyl (C=O) groups excluding carboxylic acids is 1. The third-order valence-electron chi connectivity index (χ3n) is 2.45. The summed E-state index contributed by atoms with van der Waals surface area (Å²) in [7, 11) is 1.46. The van der Waals surface area contributed by atoms with E-state index < -0.39 is 23.7 Å². The minimum absolute atomic E-state index is 0.136. The molecule has 1 rings (SSSR count). The van der Waals surface area contributed by atoms with E-state index in [-0.39, 0.29) is 13.2 Å². The van der Waals surface area contributed by atoms with Gasteiger partial charge < -0.3 is 14.6 Å². The average Bonchev–Trinajstić information content (AvgIpc) is 2.59. The first-order valence-corrected chi connectivity index (χ1v) is 5.68. The van der Waals surface area contributed by atoms with Crippen molar-refractivity contribution in [2.45, 2.75) is 32.4 Å². The molecule has 1 aliphatic heterocycles. The first-order valence-electron chi connectivity index (χ1n) is 5.68. The molecule has 1 aliphatic rings. The van der Waals surface area contributed by atoms with Crippen LogP contribution in [0, 0.1) is 0 Å². The van der Waals surface area contributed by atoms with Crippen LogP contribution in [0.1, 0.15) is 20.8 Å². The Kier molecular flexibility index (Phi) is 4.34. The zero-order valence-electron chi connectivity index (χ0n) is 11.1. The maximum Gasteiger partial charge on any atom is 0.408 e. The summed E-state index contributed by atoms with van der Waals surface area (Å²) >= 11 is 0. The average molecular weight is 257 g/mol. The highest BCUT2D eigenvalue weighted by Crippen LogP contribution is 2.22. The summed E-state index contributed by atoms with van der Waals surface area (Å²) in [5.41, 5.74) is -0.263. The lowest BCUT2D eigenvalue weighted by molar-refractivity contribution is -0.150. The fourth-order valence-corrected chi connectivity index (χ4v) is 1.73. The Bertz CT molecular complexity index is 369. The van der Waals surface area contributed by atoms with Crippen LogP contribution in [-0.4, -0.2) is 54.0 Å². The van der Waals surface area contributed by atoms with Crippen LogP contribution in [0.3, 0.4) is 0 Å². The SMILES string of the molecule is COC[C@@H]1C(C(=O)OC(C)(C)C)=CCN1C(=O)O. The van der Waals surface area contributed by atoms with Crippen molar-refractivity contribution >= 4 is 12.1 Å². The highest BCUT2D eigenvalue weighted by atomic mass is 16.6. The maximum absolute atomic E-state index is 11.9. The van der Waals surface area contributed by atoms with E-state index >= 15 is 0 Å². The predicted octanol–water partition coefficient (Wildman–Crippen LogP) is 1.26. The molecular weight excluding hydrogens is 238 g/mol. The molecule has 0 unspecified atom stereocenters. The van der Waals surface area contributed by atoms with Gasteiger partial charge in [0.05, 0.1) is 18.2 Å². The number of ether oxygens (including phenoxy) is 2. The summed E-state index contributed by atoms with van der Waals surface area (Å²) in [5.74, 6) is -0.492. The number of hydrogen-bond donors (Lipinski definition) is 1. The minimum atomic E-state index is -1.08. The first-order chi connectivity index (χ1) is 8.26. The molecule has 102 valence electrons. The molecule has 1 heterocycles. The van der Waals surface area contributed by atoms with Crippen LogP contribution in [0.15, 0.2) is 11.6 Å². The van der Waals surface area contributed by atoms with Gasteiger partial charge in [0.1, 0.15) is 5.60 Å².